The molecule has 0 aliphatic heterocycles. The van der Waals surface area contributed by atoms with Crippen molar-refractivity contribution in [3.63, 3.8) is 0 Å². The lowest BCUT2D eigenvalue weighted by atomic mass is 10.1. The van der Waals surface area contributed by atoms with Gasteiger partial charge in [0.2, 0.25) is 5.91 Å². The summed E-state index contributed by atoms with van der Waals surface area (Å²) in [4.78, 5) is 27.7. The Hall–Kier alpha value is -3.88. The highest BCUT2D eigenvalue weighted by Crippen LogP contribution is 2.30. The highest BCUT2D eigenvalue weighted by molar-refractivity contribution is 5.92. The van der Waals surface area contributed by atoms with Crippen LogP contribution in [0.1, 0.15) is 28.0 Å². The first-order valence-corrected chi connectivity index (χ1v) is 9.66. The van der Waals surface area contributed by atoms with Crippen molar-refractivity contribution < 1.29 is 27.5 Å². The SMILES string of the molecule is CNC(=O)c1cc(Oc2ccc(CCC(=O)Nc3ccc(C(F)(F)F)cc3)cc2)ccn1. The Balaban J connectivity index is 1.51. The number of halogens is 3. The summed E-state index contributed by atoms with van der Waals surface area (Å²) in [6, 6.07) is 14.5. The number of carbonyl (C=O) groups excluding carboxylic acids is 2. The molecule has 9 heteroatoms. The maximum atomic E-state index is 12.6. The Morgan fingerprint density at radius 1 is 0.969 bits per heavy atom. The monoisotopic (exact) mass is 443 g/mol. The van der Waals surface area contributed by atoms with Crippen LogP contribution in [0.4, 0.5) is 18.9 Å². The van der Waals surface area contributed by atoms with Gasteiger partial charge in [0, 0.05) is 31.4 Å². The zero-order valence-corrected chi connectivity index (χ0v) is 17.1. The second-order valence-corrected chi connectivity index (χ2v) is 6.83. The Bertz CT molecular complexity index is 1080. The van der Waals surface area contributed by atoms with E-state index in [4.69, 9.17) is 4.74 Å². The number of nitrogens with one attached hydrogen (secondary N) is 2. The Labute approximate surface area is 182 Å². The highest BCUT2D eigenvalue weighted by atomic mass is 19.4. The van der Waals surface area contributed by atoms with E-state index in [-0.39, 0.29) is 23.9 Å². The molecule has 3 rings (SSSR count). The fourth-order valence-electron chi connectivity index (χ4n) is 2.81. The Morgan fingerprint density at radius 3 is 2.28 bits per heavy atom. The van der Waals surface area contributed by atoms with Gasteiger partial charge in [0.25, 0.3) is 5.91 Å². The van der Waals surface area contributed by atoms with Crippen molar-refractivity contribution >= 4 is 17.5 Å². The number of alkyl halides is 3. The van der Waals surface area contributed by atoms with Crippen molar-refractivity contribution in [2.45, 2.75) is 19.0 Å². The lowest BCUT2D eigenvalue weighted by Gasteiger charge is -2.09. The summed E-state index contributed by atoms with van der Waals surface area (Å²) in [6.07, 6.45) is -2.32. The van der Waals surface area contributed by atoms with Crippen LogP contribution < -0.4 is 15.4 Å². The number of aryl methyl sites for hydroxylation is 1. The van der Waals surface area contributed by atoms with Crippen molar-refractivity contribution in [1.82, 2.24) is 10.3 Å². The average molecular weight is 443 g/mol. The van der Waals surface area contributed by atoms with Crippen LogP contribution in [-0.4, -0.2) is 23.8 Å². The number of anilines is 1. The van der Waals surface area contributed by atoms with Crippen LogP contribution in [-0.2, 0) is 17.4 Å². The van der Waals surface area contributed by atoms with Crippen LogP contribution in [0.25, 0.3) is 0 Å². The summed E-state index contributed by atoms with van der Waals surface area (Å²) < 4.78 is 43.5. The molecular formula is C23H20F3N3O3. The van der Waals surface area contributed by atoms with E-state index in [1.165, 1.54) is 31.4 Å². The summed E-state index contributed by atoms with van der Waals surface area (Å²) in [6.45, 7) is 0. The topological polar surface area (TPSA) is 80.3 Å². The van der Waals surface area contributed by atoms with Gasteiger partial charge in [-0.2, -0.15) is 13.2 Å². The first-order chi connectivity index (χ1) is 15.2. The molecule has 0 saturated carbocycles. The van der Waals surface area contributed by atoms with Crippen LogP contribution in [0.2, 0.25) is 0 Å². The number of aromatic nitrogens is 1. The van der Waals surface area contributed by atoms with E-state index in [1.54, 1.807) is 18.2 Å². The number of ether oxygens (including phenoxy) is 1. The number of benzene rings is 2. The molecule has 0 fully saturated rings. The normalized spacial score (nSPS) is 11.0. The molecule has 1 heterocycles. The van der Waals surface area contributed by atoms with E-state index in [9.17, 15) is 22.8 Å². The molecule has 2 N–H and O–H groups in total. The third kappa shape index (κ3) is 6.31. The second kappa shape index (κ2) is 9.95. The highest BCUT2D eigenvalue weighted by Gasteiger charge is 2.29. The minimum absolute atomic E-state index is 0.168. The minimum Gasteiger partial charge on any atom is -0.457 e. The van der Waals surface area contributed by atoms with Crippen molar-refractivity contribution in [2.24, 2.45) is 0 Å². The van der Waals surface area contributed by atoms with E-state index in [1.807, 2.05) is 12.1 Å². The molecule has 6 nitrogen and oxygen atoms in total. The molecule has 0 spiro atoms. The molecule has 32 heavy (non-hydrogen) atoms. The smallest absolute Gasteiger partial charge is 0.416 e. The first kappa shape index (κ1) is 22.8. The van der Waals surface area contributed by atoms with Crippen molar-refractivity contribution in [1.29, 1.82) is 0 Å². The number of nitrogens with zero attached hydrogens (tertiary/aromatic N) is 1. The van der Waals surface area contributed by atoms with Crippen molar-refractivity contribution in [3.05, 3.63) is 83.7 Å². The van der Waals surface area contributed by atoms with Crippen molar-refractivity contribution in [3.8, 4) is 11.5 Å². The van der Waals surface area contributed by atoms with E-state index < -0.39 is 11.7 Å². The van der Waals surface area contributed by atoms with E-state index in [2.05, 4.69) is 15.6 Å². The quantitative estimate of drug-likeness (QED) is 0.549. The lowest BCUT2D eigenvalue weighted by Crippen LogP contribution is -2.18. The second-order valence-electron chi connectivity index (χ2n) is 6.83. The zero-order chi connectivity index (χ0) is 23.1. The molecule has 0 saturated heterocycles. The predicted octanol–water partition coefficient (Wildman–Crippen LogP) is 4.82. The van der Waals surface area contributed by atoms with Crippen LogP contribution in [0.5, 0.6) is 11.5 Å². The number of pyridine rings is 1. The van der Waals surface area contributed by atoms with Gasteiger partial charge in [-0.05, 0) is 54.4 Å². The van der Waals surface area contributed by atoms with Crippen LogP contribution in [0.3, 0.4) is 0 Å². The van der Waals surface area contributed by atoms with Gasteiger partial charge < -0.3 is 15.4 Å². The van der Waals surface area contributed by atoms with Gasteiger partial charge in [0.15, 0.2) is 0 Å². The van der Waals surface area contributed by atoms with Gasteiger partial charge in [-0.1, -0.05) is 12.1 Å². The molecule has 2 aromatic carbocycles. The third-order valence-electron chi connectivity index (χ3n) is 4.49. The fourth-order valence-corrected chi connectivity index (χ4v) is 2.81. The summed E-state index contributed by atoms with van der Waals surface area (Å²) in [5.74, 6) is 0.392. The number of hydrogen-bond donors (Lipinski definition) is 2. The molecule has 0 bridgehead atoms. The maximum Gasteiger partial charge on any atom is 0.416 e. The molecule has 0 unspecified atom stereocenters. The van der Waals surface area contributed by atoms with E-state index >= 15 is 0 Å². The van der Waals surface area contributed by atoms with E-state index in [0.29, 0.717) is 23.6 Å². The third-order valence-corrected chi connectivity index (χ3v) is 4.49. The molecule has 0 radical (unpaired) electrons. The fraction of sp³-hybridized carbons (Fsp3) is 0.174. The summed E-state index contributed by atoms with van der Waals surface area (Å²) in [7, 11) is 1.51. The Kier molecular flexibility index (Phi) is 7.09. The molecule has 0 aliphatic rings. The standard InChI is InChI=1S/C23H20F3N3O3/c1-27-22(31)20-14-19(12-13-28-20)32-18-9-2-15(3-10-18)4-11-21(30)29-17-7-5-16(6-8-17)23(24,25)26/h2-3,5-10,12-14H,4,11H2,1H3,(H,27,31)(H,29,30). The summed E-state index contributed by atoms with van der Waals surface area (Å²) >= 11 is 0. The maximum absolute atomic E-state index is 12.6. The average Bonchev–Trinajstić information content (AvgIpc) is 2.78. The van der Waals surface area contributed by atoms with Gasteiger partial charge in [-0.25, -0.2) is 0 Å². The molecule has 0 atom stereocenters. The molecule has 2 amide bonds. The number of amides is 2. The van der Waals surface area contributed by atoms with Crippen LogP contribution in [0, 0.1) is 0 Å². The van der Waals surface area contributed by atoms with Gasteiger partial charge in [-0.3, -0.25) is 14.6 Å². The molecule has 3 aromatic rings. The Morgan fingerprint density at radius 2 is 1.66 bits per heavy atom. The summed E-state index contributed by atoms with van der Waals surface area (Å²) in [5.41, 5.74) is 0.663. The molecule has 1 aromatic heterocycles. The minimum atomic E-state index is -4.41. The largest absolute Gasteiger partial charge is 0.457 e. The molecule has 0 aliphatic carbocycles. The van der Waals surface area contributed by atoms with Gasteiger partial charge in [0.05, 0.1) is 5.56 Å². The van der Waals surface area contributed by atoms with E-state index in [0.717, 1.165) is 17.7 Å². The number of rotatable bonds is 7. The molecule has 166 valence electrons. The van der Waals surface area contributed by atoms with Crippen LogP contribution in [0.15, 0.2) is 66.9 Å². The van der Waals surface area contributed by atoms with Gasteiger partial charge in [-0.15, -0.1) is 0 Å². The first-order valence-electron chi connectivity index (χ1n) is 9.66. The number of hydrogen-bond acceptors (Lipinski definition) is 4. The van der Waals surface area contributed by atoms with Gasteiger partial charge >= 0.3 is 6.18 Å². The predicted molar refractivity (Wildman–Crippen MR) is 113 cm³/mol. The van der Waals surface area contributed by atoms with Crippen LogP contribution >= 0.6 is 0 Å². The number of carbonyl (C=O) groups is 2. The molecular weight excluding hydrogens is 423 g/mol. The van der Waals surface area contributed by atoms with Gasteiger partial charge in [0.1, 0.15) is 17.2 Å². The van der Waals surface area contributed by atoms with Crippen molar-refractivity contribution in [2.75, 3.05) is 12.4 Å². The summed E-state index contributed by atoms with van der Waals surface area (Å²) in [5, 5.41) is 5.08. The zero-order valence-electron chi connectivity index (χ0n) is 17.1. The lowest BCUT2D eigenvalue weighted by molar-refractivity contribution is -0.137.